The first kappa shape index (κ1) is 15.0. The molecule has 3 nitrogen and oxygen atoms in total. The van der Waals surface area contributed by atoms with E-state index >= 15 is 0 Å². The summed E-state index contributed by atoms with van der Waals surface area (Å²) in [6.45, 7) is 6.10. The smallest absolute Gasteiger partial charge is 0.261 e. The van der Waals surface area contributed by atoms with Gasteiger partial charge in [0, 0.05) is 6.04 Å². The minimum Gasteiger partial charge on any atom is -0.292 e. The summed E-state index contributed by atoms with van der Waals surface area (Å²) in [7, 11) is 0. The van der Waals surface area contributed by atoms with Crippen LogP contribution in [0, 0.1) is 0 Å². The Hall–Kier alpha value is -1.35. The Morgan fingerprint density at radius 2 is 2.00 bits per heavy atom. The van der Waals surface area contributed by atoms with Gasteiger partial charge in [-0.3, -0.25) is 9.36 Å². The normalized spacial score (nSPS) is 14.4. The topological polar surface area (TPSA) is 34.9 Å². The molecule has 0 aliphatic heterocycles. The largest absolute Gasteiger partial charge is 0.292 e. The maximum Gasteiger partial charge on any atom is 0.261 e. The van der Waals surface area contributed by atoms with Gasteiger partial charge < -0.3 is 0 Å². The third kappa shape index (κ3) is 2.73. The zero-order valence-corrected chi connectivity index (χ0v) is 13.0. The Bertz CT molecular complexity index is 648. The highest BCUT2D eigenvalue weighted by Gasteiger charge is 2.20. The molecule has 1 aromatic heterocycles. The van der Waals surface area contributed by atoms with Crippen molar-refractivity contribution in [3.63, 3.8) is 0 Å². The molecular formula is C16H21ClN2O. The number of rotatable bonds is 5. The molecule has 20 heavy (non-hydrogen) atoms. The van der Waals surface area contributed by atoms with Crippen LogP contribution in [0.3, 0.4) is 0 Å². The van der Waals surface area contributed by atoms with Gasteiger partial charge in [-0.15, -0.1) is 11.6 Å². The lowest BCUT2D eigenvalue weighted by Crippen LogP contribution is -2.29. The third-order valence-electron chi connectivity index (χ3n) is 3.65. The number of nitrogens with zero attached hydrogens (tertiary/aromatic N) is 2. The lowest BCUT2D eigenvalue weighted by Gasteiger charge is -2.22. The standard InChI is InChI=1S/C16H21ClN2O/c1-4-8-12(5-2)19-15(11(3)17)18-14-10-7-6-9-13(14)16(19)20/h6-7,9-12H,4-5,8H2,1-3H3. The molecule has 2 unspecified atom stereocenters. The summed E-state index contributed by atoms with van der Waals surface area (Å²) < 4.78 is 1.81. The summed E-state index contributed by atoms with van der Waals surface area (Å²) in [6.07, 6.45) is 2.91. The van der Waals surface area contributed by atoms with Crippen LogP contribution >= 0.6 is 11.6 Å². The third-order valence-corrected chi connectivity index (χ3v) is 3.84. The number of hydrogen-bond donors (Lipinski definition) is 0. The fourth-order valence-electron chi connectivity index (χ4n) is 2.65. The maximum atomic E-state index is 12.8. The van der Waals surface area contributed by atoms with E-state index in [1.807, 2.05) is 35.8 Å². The second-order valence-corrected chi connectivity index (χ2v) is 5.78. The van der Waals surface area contributed by atoms with E-state index in [2.05, 4.69) is 18.8 Å². The lowest BCUT2D eigenvalue weighted by molar-refractivity contribution is 0.418. The van der Waals surface area contributed by atoms with Crippen molar-refractivity contribution in [2.24, 2.45) is 0 Å². The van der Waals surface area contributed by atoms with Crippen molar-refractivity contribution in [1.82, 2.24) is 9.55 Å². The minimum atomic E-state index is -0.279. The number of hydrogen-bond acceptors (Lipinski definition) is 2. The highest BCUT2D eigenvalue weighted by atomic mass is 35.5. The highest BCUT2D eigenvalue weighted by molar-refractivity contribution is 6.20. The van der Waals surface area contributed by atoms with Crippen LogP contribution in [0.2, 0.25) is 0 Å². The fourth-order valence-corrected chi connectivity index (χ4v) is 2.80. The first-order chi connectivity index (χ1) is 9.60. The average Bonchev–Trinajstić information content (AvgIpc) is 2.45. The summed E-state index contributed by atoms with van der Waals surface area (Å²) in [5.74, 6) is 0.677. The predicted molar refractivity (Wildman–Crippen MR) is 84.5 cm³/mol. The number of para-hydroxylation sites is 1. The minimum absolute atomic E-state index is 0.0263. The summed E-state index contributed by atoms with van der Waals surface area (Å²) in [4.78, 5) is 17.4. The number of fused-ring (bicyclic) bond motifs is 1. The molecule has 2 atom stereocenters. The molecule has 0 spiro atoms. The van der Waals surface area contributed by atoms with E-state index < -0.39 is 0 Å². The molecular weight excluding hydrogens is 272 g/mol. The quantitative estimate of drug-likeness (QED) is 0.763. The Labute approximate surface area is 124 Å². The van der Waals surface area contributed by atoms with Crippen molar-refractivity contribution >= 4 is 22.5 Å². The molecule has 2 rings (SSSR count). The molecule has 0 radical (unpaired) electrons. The van der Waals surface area contributed by atoms with Gasteiger partial charge in [0.15, 0.2) is 0 Å². The molecule has 4 heteroatoms. The molecule has 0 bridgehead atoms. The van der Waals surface area contributed by atoms with Gasteiger partial charge in [-0.05, 0) is 31.9 Å². The van der Waals surface area contributed by atoms with Crippen molar-refractivity contribution in [3.8, 4) is 0 Å². The zero-order valence-electron chi connectivity index (χ0n) is 12.3. The Morgan fingerprint density at radius 3 is 2.60 bits per heavy atom. The molecule has 0 N–H and O–H groups in total. The Morgan fingerprint density at radius 1 is 1.30 bits per heavy atom. The lowest BCUT2D eigenvalue weighted by atomic mass is 10.1. The molecule has 0 fully saturated rings. The van der Waals surface area contributed by atoms with Crippen molar-refractivity contribution in [1.29, 1.82) is 0 Å². The molecule has 0 aliphatic carbocycles. The zero-order chi connectivity index (χ0) is 14.7. The van der Waals surface area contributed by atoms with Gasteiger partial charge in [-0.25, -0.2) is 4.98 Å². The molecule has 2 aromatic rings. The molecule has 1 aromatic carbocycles. The van der Waals surface area contributed by atoms with Crippen molar-refractivity contribution < 1.29 is 0 Å². The number of aromatic nitrogens is 2. The number of alkyl halides is 1. The van der Waals surface area contributed by atoms with Crippen LogP contribution < -0.4 is 5.56 Å². The van der Waals surface area contributed by atoms with Gasteiger partial charge in [-0.2, -0.15) is 0 Å². The van der Waals surface area contributed by atoms with Gasteiger partial charge in [0.05, 0.1) is 16.3 Å². The SMILES string of the molecule is CCCC(CC)n1c(C(C)Cl)nc2ccccc2c1=O. The highest BCUT2D eigenvalue weighted by Crippen LogP contribution is 2.25. The van der Waals surface area contributed by atoms with E-state index in [4.69, 9.17) is 11.6 Å². The van der Waals surface area contributed by atoms with Gasteiger partial charge in [0.25, 0.3) is 5.56 Å². The Balaban J connectivity index is 2.75. The molecule has 0 amide bonds. The maximum absolute atomic E-state index is 12.8. The van der Waals surface area contributed by atoms with E-state index in [0.717, 1.165) is 24.8 Å². The fraction of sp³-hybridized carbons (Fsp3) is 0.500. The van der Waals surface area contributed by atoms with Crippen LogP contribution in [0.1, 0.15) is 57.3 Å². The van der Waals surface area contributed by atoms with Crippen LogP contribution in [0.5, 0.6) is 0 Å². The van der Waals surface area contributed by atoms with Crippen LogP contribution in [-0.4, -0.2) is 9.55 Å². The molecule has 0 aliphatic rings. The predicted octanol–water partition coefficient (Wildman–Crippen LogP) is 4.45. The van der Waals surface area contributed by atoms with Crippen LogP contribution in [0.25, 0.3) is 10.9 Å². The summed E-state index contributed by atoms with van der Waals surface area (Å²) in [5.41, 5.74) is 0.751. The second kappa shape index (κ2) is 6.40. The van der Waals surface area contributed by atoms with Crippen LogP contribution in [0.4, 0.5) is 0 Å². The average molecular weight is 293 g/mol. The van der Waals surface area contributed by atoms with Crippen LogP contribution in [-0.2, 0) is 0 Å². The van der Waals surface area contributed by atoms with E-state index in [9.17, 15) is 4.79 Å². The summed E-state index contributed by atoms with van der Waals surface area (Å²) in [6, 6.07) is 7.64. The van der Waals surface area contributed by atoms with Crippen molar-refractivity contribution in [3.05, 3.63) is 40.4 Å². The molecule has 0 saturated heterocycles. The first-order valence-electron chi connectivity index (χ1n) is 7.25. The van der Waals surface area contributed by atoms with Crippen LogP contribution in [0.15, 0.2) is 29.1 Å². The molecule has 108 valence electrons. The number of halogens is 1. The molecule has 1 heterocycles. The van der Waals surface area contributed by atoms with E-state index in [0.29, 0.717) is 11.2 Å². The van der Waals surface area contributed by atoms with Crippen molar-refractivity contribution in [2.45, 2.75) is 51.5 Å². The van der Waals surface area contributed by atoms with E-state index in [1.165, 1.54) is 0 Å². The van der Waals surface area contributed by atoms with Gasteiger partial charge in [0.2, 0.25) is 0 Å². The van der Waals surface area contributed by atoms with Gasteiger partial charge in [0.1, 0.15) is 5.82 Å². The van der Waals surface area contributed by atoms with Gasteiger partial charge >= 0.3 is 0 Å². The summed E-state index contributed by atoms with van der Waals surface area (Å²) >= 11 is 6.26. The monoisotopic (exact) mass is 292 g/mol. The van der Waals surface area contributed by atoms with Gasteiger partial charge in [-0.1, -0.05) is 32.4 Å². The van der Waals surface area contributed by atoms with Crippen molar-refractivity contribution in [2.75, 3.05) is 0 Å². The number of benzene rings is 1. The summed E-state index contributed by atoms with van der Waals surface area (Å²) in [5, 5.41) is 0.390. The van der Waals surface area contributed by atoms with E-state index in [1.54, 1.807) is 0 Å². The first-order valence-corrected chi connectivity index (χ1v) is 7.69. The second-order valence-electron chi connectivity index (χ2n) is 5.13. The molecule has 0 saturated carbocycles. The Kier molecular flexibility index (Phi) is 4.81. The van der Waals surface area contributed by atoms with E-state index in [-0.39, 0.29) is 17.0 Å².